The van der Waals surface area contributed by atoms with Crippen LogP contribution >= 0.6 is 24.0 Å². The first-order valence-corrected chi connectivity index (χ1v) is 12.8. The van der Waals surface area contributed by atoms with Crippen molar-refractivity contribution in [2.24, 2.45) is 4.99 Å². The molecule has 0 spiro atoms. The van der Waals surface area contributed by atoms with Crippen LogP contribution < -0.4 is 16.0 Å². The van der Waals surface area contributed by atoms with Crippen LogP contribution in [0.15, 0.2) is 4.99 Å². The summed E-state index contributed by atoms with van der Waals surface area (Å²) in [6.07, 6.45) is 2.58. The smallest absolute Gasteiger partial charge is 0.407 e. The first-order valence-electron chi connectivity index (χ1n) is 11.0. The van der Waals surface area contributed by atoms with Gasteiger partial charge in [0.15, 0.2) is 15.8 Å². The Kier molecular flexibility index (Phi) is 14.7. The van der Waals surface area contributed by atoms with E-state index < -0.39 is 21.5 Å². The molecule has 1 aliphatic rings. The van der Waals surface area contributed by atoms with Crippen LogP contribution in [0.4, 0.5) is 4.79 Å². The van der Waals surface area contributed by atoms with Gasteiger partial charge in [0.05, 0.1) is 18.1 Å². The Labute approximate surface area is 205 Å². The molecule has 184 valence electrons. The van der Waals surface area contributed by atoms with E-state index >= 15 is 0 Å². The maximum atomic E-state index is 12.0. The van der Waals surface area contributed by atoms with Crippen molar-refractivity contribution < 1.29 is 17.9 Å². The lowest BCUT2D eigenvalue weighted by Gasteiger charge is -2.26. The lowest BCUT2D eigenvalue weighted by molar-refractivity contribution is 0.0522. The van der Waals surface area contributed by atoms with E-state index in [4.69, 9.17) is 4.74 Å². The van der Waals surface area contributed by atoms with Gasteiger partial charge >= 0.3 is 6.09 Å². The van der Waals surface area contributed by atoms with Crippen LogP contribution in [-0.2, 0) is 14.6 Å². The number of rotatable bonds is 10. The van der Waals surface area contributed by atoms with E-state index in [-0.39, 0.29) is 41.5 Å². The molecule has 1 rings (SSSR count). The van der Waals surface area contributed by atoms with E-state index in [1.165, 1.54) is 0 Å². The number of nitrogens with one attached hydrogen (secondary N) is 3. The highest BCUT2D eigenvalue weighted by Crippen LogP contribution is 2.07. The number of ether oxygens (including phenoxy) is 1. The number of amides is 1. The van der Waals surface area contributed by atoms with Gasteiger partial charge in [-0.25, -0.2) is 13.2 Å². The van der Waals surface area contributed by atoms with Crippen LogP contribution in [0.5, 0.6) is 0 Å². The van der Waals surface area contributed by atoms with Gasteiger partial charge in [0.2, 0.25) is 0 Å². The van der Waals surface area contributed by atoms with Gasteiger partial charge in [-0.2, -0.15) is 0 Å². The SMILES string of the molecule is CCCCC(CNC(=O)OC(C)(C)C)NC(=NCCN1CCS(=O)(=O)CC1)NCC.I. The summed E-state index contributed by atoms with van der Waals surface area (Å²) in [6.45, 7) is 13.3. The molecule has 3 N–H and O–H groups in total. The zero-order valence-electron chi connectivity index (χ0n) is 19.7. The molecule has 1 aliphatic heterocycles. The van der Waals surface area contributed by atoms with Crippen LogP contribution in [-0.4, -0.2) is 87.8 Å². The van der Waals surface area contributed by atoms with E-state index in [0.29, 0.717) is 32.1 Å². The molecule has 0 radical (unpaired) electrons. The second kappa shape index (κ2) is 15.1. The Hall–Kier alpha value is -0.820. The zero-order valence-corrected chi connectivity index (χ0v) is 22.8. The number of carbonyl (C=O) groups is 1. The first-order chi connectivity index (χ1) is 14.0. The zero-order chi connectivity index (χ0) is 22.6. The molecule has 1 unspecified atom stereocenters. The van der Waals surface area contributed by atoms with E-state index in [1.54, 1.807) is 0 Å². The Morgan fingerprint density at radius 3 is 2.35 bits per heavy atom. The highest BCUT2D eigenvalue weighted by molar-refractivity contribution is 14.0. The third kappa shape index (κ3) is 14.8. The molecule has 0 aromatic rings. The Morgan fingerprint density at radius 2 is 1.81 bits per heavy atom. The Morgan fingerprint density at radius 1 is 1.16 bits per heavy atom. The van der Waals surface area contributed by atoms with Crippen molar-refractivity contribution in [3.63, 3.8) is 0 Å². The summed E-state index contributed by atoms with van der Waals surface area (Å²) in [5.74, 6) is 1.16. The maximum Gasteiger partial charge on any atom is 0.407 e. The standard InChI is InChI=1S/C20H41N5O4S.HI/c1-6-8-9-17(16-23-19(26)29-20(3,4)5)24-18(21-7-2)22-10-11-25-12-14-30(27,28)15-13-25;/h17H,6-16H2,1-5H3,(H,23,26)(H2,21,22,24);1H. The fourth-order valence-electron chi connectivity index (χ4n) is 2.99. The quantitative estimate of drug-likeness (QED) is 0.208. The summed E-state index contributed by atoms with van der Waals surface area (Å²) in [7, 11) is -2.86. The van der Waals surface area contributed by atoms with Crippen LogP contribution in [0.3, 0.4) is 0 Å². The van der Waals surface area contributed by atoms with Gasteiger partial charge < -0.3 is 20.7 Å². The average molecular weight is 576 g/mol. The van der Waals surface area contributed by atoms with Crippen molar-refractivity contribution >= 4 is 45.9 Å². The minimum absolute atomic E-state index is 0. The summed E-state index contributed by atoms with van der Waals surface area (Å²) < 4.78 is 28.4. The minimum Gasteiger partial charge on any atom is -0.444 e. The molecule has 0 saturated carbocycles. The van der Waals surface area contributed by atoms with E-state index in [0.717, 1.165) is 32.4 Å². The third-order valence-electron chi connectivity index (χ3n) is 4.61. The number of halogens is 1. The molecule has 0 bridgehead atoms. The average Bonchev–Trinajstić information content (AvgIpc) is 2.64. The minimum atomic E-state index is -2.86. The predicted molar refractivity (Wildman–Crippen MR) is 137 cm³/mol. The topological polar surface area (TPSA) is 112 Å². The first kappa shape index (κ1) is 30.2. The number of nitrogens with zero attached hydrogens (tertiary/aromatic N) is 2. The number of aliphatic imine (C=N–C) groups is 1. The van der Waals surface area contributed by atoms with Crippen molar-refractivity contribution in [1.29, 1.82) is 0 Å². The molecule has 1 saturated heterocycles. The molecule has 1 heterocycles. The number of carbonyl (C=O) groups excluding carboxylic acids is 1. The number of alkyl carbamates (subject to hydrolysis) is 1. The fourth-order valence-corrected chi connectivity index (χ4v) is 4.26. The molecule has 0 aromatic carbocycles. The Balaban J connectivity index is 0.00000900. The number of unbranched alkanes of at least 4 members (excludes halogenated alkanes) is 1. The second-order valence-electron chi connectivity index (χ2n) is 8.62. The highest BCUT2D eigenvalue weighted by Gasteiger charge is 2.21. The van der Waals surface area contributed by atoms with Gasteiger partial charge in [0, 0.05) is 38.8 Å². The highest BCUT2D eigenvalue weighted by atomic mass is 127. The molecule has 1 atom stereocenters. The lowest BCUT2D eigenvalue weighted by Crippen LogP contribution is -2.49. The summed E-state index contributed by atoms with van der Waals surface area (Å²) in [6, 6.07) is 0.0374. The normalized spacial score (nSPS) is 17.9. The number of hydrogen-bond donors (Lipinski definition) is 3. The summed E-state index contributed by atoms with van der Waals surface area (Å²) in [5.41, 5.74) is -0.527. The molecule has 1 amide bonds. The molecule has 31 heavy (non-hydrogen) atoms. The van der Waals surface area contributed by atoms with Crippen LogP contribution in [0.1, 0.15) is 53.9 Å². The van der Waals surface area contributed by atoms with Gasteiger partial charge in [0.25, 0.3) is 0 Å². The van der Waals surface area contributed by atoms with Gasteiger partial charge in [-0.05, 0) is 34.1 Å². The third-order valence-corrected chi connectivity index (χ3v) is 6.22. The number of sulfone groups is 1. The van der Waals surface area contributed by atoms with Gasteiger partial charge in [0.1, 0.15) is 5.60 Å². The lowest BCUT2D eigenvalue weighted by atomic mass is 10.1. The molecule has 0 aromatic heterocycles. The van der Waals surface area contributed by atoms with Crippen molar-refractivity contribution in [3.05, 3.63) is 0 Å². The molecular weight excluding hydrogens is 533 g/mol. The summed E-state index contributed by atoms with van der Waals surface area (Å²) in [5, 5.41) is 9.50. The molecule has 11 heteroatoms. The Bertz CT molecular complexity index is 638. The second-order valence-corrected chi connectivity index (χ2v) is 10.9. The van der Waals surface area contributed by atoms with Gasteiger partial charge in [-0.15, -0.1) is 24.0 Å². The van der Waals surface area contributed by atoms with Crippen LogP contribution in [0.25, 0.3) is 0 Å². The van der Waals surface area contributed by atoms with Crippen molar-refractivity contribution in [3.8, 4) is 0 Å². The van der Waals surface area contributed by atoms with Gasteiger partial charge in [-0.1, -0.05) is 19.8 Å². The van der Waals surface area contributed by atoms with E-state index in [1.807, 2.05) is 27.7 Å². The monoisotopic (exact) mass is 575 g/mol. The number of guanidine groups is 1. The van der Waals surface area contributed by atoms with Crippen LogP contribution in [0, 0.1) is 0 Å². The summed E-state index contributed by atoms with van der Waals surface area (Å²) in [4.78, 5) is 18.8. The largest absolute Gasteiger partial charge is 0.444 e. The van der Waals surface area contributed by atoms with Gasteiger partial charge in [-0.3, -0.25) is 9.89 Å². The maximum absolute atomic E-state index is 12.0. The molecule has 9 nitrogen and oxygen atoms in total. The summed E-state index contributed by atoms with van der Waals surface area (Å²) >= 11 is 0. The van der Waals surface area contributed by atoms with Crippen molar-refractivity contribution in [1.82, 2.24) is 20.9 Å². The fraction of sp³-hybridized carbons (Fsp3) is 0.900. The van der Waals surface area contributed by atoms with Crippen LogP contribution in [0.2, 0.25) is 0 Å². The van der Waals surface area contributed by atoms with Crippen molar-refractivity contribution in [2.75, 3.05) is 50.8 Å². The van der Waals surface area contributed by atoms with Crippen molar-refractivity contribution in [2.45, 2.75) is 65.5 Å². The molecular formula is C20H42IN5O4S. The molecule has 1 fully saturated rings. The van der Waals surface area contributed by atoms with E-state index in [9.17, 15) is 13.2 Å². The number of hydrogen-bond acceptors (Lipinski definition) is 6. The van der Waals surface area contributed by atoms with E-state index in [2.05, 4.69) is 32.8 Å². The molecule has 0 aliphatic carbocycles. The predicted octanol–water partition coefficient (Wildman–Crippen LogP) is 1.97.